The molecule has 2 aromatic rings. The fourth-order valence-corrected chi connectivity index (χ4v) is 5.47. The van der Waals surface area contributed by atoms with Crippen molar-refractivity contribution in [3.8, 4) is 17.2 Å². The first-order valence-electron chi connectivity index (χ1n) is 9.33. The third kappa shape index (κ3) is 4.15. The molecule has 0 saturated carbocycles. The summed E-state index contributed by atoms with van der Waals surface area (Å²) in [4.78, 5) is 25.2. The molecule has 1 aliphatic heterocycles. The monoisotopic (exact) mass is 448 g/mol. The molecule has 0 atom stereocenters. The van der Waals surface area contributed by atoms with E-state index in [1.807, 2.05) is 0 Å². The first-order valence-corrected chi connectivity index (χ1v) is 10.9. The van der Waals surface area contributed by atoms with Crippen molar-refractivity contribution in [2.75, 3.05) is 36.7 Å². The summed E-state index contributed by atoms with van der Waals surface area (Å²) in [5.41, 5.74) is -0.107. The van der Waals surface area contributed by atoms with E-state index in [1.165, 1.54) is 45.6 Å². The number of sulfonamides is 1. The van der Waals surface area contributed by atoms with Crippen molar-refractivity contribution in [2.45, 2.75) is 13.8 Å². The molecular formula is C21H24N2O7S. The largest absolute Gasteiger partial charge is 0.493 e. The maximum atomic E-state index is 12.7. The Morgan fingerprint density at radius 3 is 1.97 bits per heavy atom. The highest BCUT2D eigenvalue weighted by atomic mass is 32.2. The maximum absolute atomic E-state index is 12.7. The lowest BCUT2D eigenvalue weighted by molar-refractivity contribution is -0.123. The molecule has 0 aliphatic carbocycles. The molecule has 1 fully saturated rings. The summed E-state index contributed by atoms with van der Waals surface area (Å²) >= 11 is 0. The maximum Gasteiger partial charge on any atom is 0.255 e. The summed E-state index contributed by atoms with van der Waals surface area (Å²) in [5, 5.41) is 2.73. The number of rotatable bonds is 6. The van der Waals surface area contributed by atoms with Gasteiger partial charge in [0, 0.05) is 23.4 Å². The molecule has 1 N–H and O–H groups in total. The van der Waals surface area contributed by atoms with E-state index in [4.69, 9.17) is 14.2 Å². The molecule has 3 rings (SSSR count). The standard InChI is InChI=1S/C21H24N2O7S/c1-21(2)12-31(26,27)23(20(21)25)15-8-6-13(7-9-15)19(24)22-14-10-16(28-3)18(30-5)17(11-14)29-4/h6-11H,12H2,1-5H3,(H,22,24). The van der Waals surface area contributed by atoms with Crippen LogP contribution in [0.4, 0.5) is 11.4 Å². The minimum atomic E-state index is -3.76. The summed E-state index contributed by atoms with van der Waals surface area (Å²) < 4.78 is 41.4. The first kappa shape index (κ1) is 22.4. The second-order valence-electron chi connectivity index (χ2n) is 7.62. The molecule has 0 spiro atoms. The van der Waals surface area contributed by atoms with E-state index in [1.54, 1.807) is 26.0 Å². The normalized spacial score (nSPS) is 16.7. The van der Waals surface area contributed by atoms with Crippen LogP contribution in [0.2, 0.25) is 0 Å². The van der Waals surface area contributed by atoms with E-state index in [-0.39, 0.29) is 17.0 Å². The molecule has 1 aliphatic rings. The number of hydrogen-bond donors (Lipinski definition) is 1. The summed E-state index contributed by atoms with van der Waals surface area (Å²) in [6.45, 7) is 3.18. The number of carbonyl (C=O) groups excluding carboxylic acids is 2. The van der Waals surface area contributed by atoms with Gasteiger partial charge in [0.05, 0.1) is 38.2 Å². The number of carbonyl (C=O) groups is 2. The van der Waals surface area contributed by atoms with Gasteiger partial charge in [0.15, 0.2) is 11.5 Å². The van der Waals surface area contributed by atoms with Crippen LogP contribution in [-0.4, -0.2) is 47.3 Å². The van der Waals surface area contributed by atoms with Gasteiger partial charge in [-0.2, -0.15) is 0 Å². The van der Waals surface area contributed by atoms with Gasteiger partial charge in [-0.15, -0.1) is 0 Å². The van der Waals surface area contributed by atoms with Gasteiger partial charge in [-0.25, -0.2) is 12.7 Å². The van der Waals surface area contributed by atoms with Crippen molar-refractivity contribution in [1.29, 1.82) is 0 Å². The molecule has 10 heteroatoms. The first-order chi connectivity index (χ1) is 14.5. The van der Waals surface area contributed by atoms with Gasteiger partial charge in [-0.3, -0.25) is 9.59 Å². The topological polar surface area (TPSA) is 111 Å². The van der Waals surface area contributed by atoms with Crippen LogP contribution in [0.25, 0.3) is 0 Å². The average molecular weight is 448 g/mol. The summed E-state index contributed by atoms with van der Waals surface area (Å²) in [6.07, 6.45) is 0. The van der Waals surface area contributed by atoms with Crippen molar-refractivity contribution in [3.63, 3.8) is 0 Å². The number of methoxy groups -OCH3 is 3. The Hall–Kier alpha value is -3.27. The van der Waals surface area contributed by atoms with Crippen molar-refractivity contribution in [3.05, 3.63) is 42.0 Å². The Labute approximate surface area is 181 Å². The minimum Gasteiger partial charge on any atom is -0.493 e. The van der Waals surface area contributed by atoms with Crippen molar-refractivity contribution in [2.24, 2.45) is 5.41 Å². The highest BCUT2D eigenvalue weighted by Crippen LogP contribution is 2.40. The molecule has 1 heterocycles. The van der Waals surface area contributed by atoms with Gasteiger partial charge in [0.2, 0.25) is 21.7 Å². The molecule has 1 saturated heterocycles. The highest BCUT2D eigenvalue weighted by Gasteiger charge is 2.49. The van der Waals surface area contributed by atoms with Crippen LogP contribution in [0, 0.1) is 5.41 Å². The van der Waals surface area contributed by atoms with E-state index in [0.29, 0.717) is 22.9 Å². The Morgan fingerprint density at radius 1 is 1.00 bits per heavy atom. The second-order valence-corrected chi connectivity index (χ2v) is 9.44. The third-order valence-electron chi connectivity index (χ3n) is 4.87. The van der Waals surface area contributed by atoms with Gasteiger partial charge in [0.1, 0.15) is 0 Å². The number of nitrogens with zero attached hydrogens (tertiary/aromatic N) is 1. The van der Waals surface area contributed by atoms with Gasteiger partial charge < -0.3 is 19.5 Å². The van der Waals surface area contributed by atoms with Gasteiger partial charge in [0.25, 0.3) is 5.91 Å². The Bertz CT molecular complexity index is 1100. The number of hydrogen-bond acceptors (Lipinski definition) is 7. The lowest BCUT2D eigenvalue weighted by atomic mass is 9.95. The van der Waals surface area contributed by atoms with Crippen LogP contribution in [0.5, 0.6) is 17.2 Å². The molecule has 0 aromatic heterocycles. The molecule has 166 valence electrons. The number of nitrogens with one attached hydrogen (secondary N) is 1. The van der Waals surface area contributed by atoms with Crippen molar-refractivity contribution >= 4 is 33.2 Å². The van der Waals surface area contributed by atoms with Crippen molar-refractivity contribution < 1.29 is 32.2 Å². The van der Waals surface area contributed by atoms with E-state index < -0.39 is 27.3 Å². The Morgan fingerprint density at radius 2 is 1.55 bits per heavy atom. The highest BCUT2D eigenvalue weighted by molar-refractivity contribution is 7.94. The van der Waals surface area contributed by atoms with Crippen LogP contribution < -0.4 is 23.8 Å². The van der Waals surface area contributed by atoms with E-state index in [9.17, 15) is 18.0 Å². The molecule has 0 unspecified atom stereocenters. The lowest BCUT2D eigenvalue weighted by Crippen LogP contribution is -2.32. The van der Waals surface area contributed by atoms with Crippen molar-refractivity contribution in [1.82, 2.24) is 0 Å². The molecule has 2 amide bonds. The molecule has 9 nitrogen and oxygen atoms in total. The van der Waals surface area contributed by atoms with Gasteiger partial charge in [-0.05, 0) is 38.1 Å². The predicted molar refractivity (Wildman–Crippen MR) is 116 cm³/mol. The van der Waals surface area contributed by atoms with E-state index >= 15 is 0 Å². The summed E-state index contributed by atoms with van der Waals surface area (Å²) in [6, 6.07) is 8.95. The van der Waals surface area contributed by atoms with E-state index in [2.05, 4.69) is 5.32 Å². The molecule has 0 radical (unpaired) electrons. The molecule has 2 aromatic carbocycles. The molecule has 0 bridgehead atoms. The van der Waals surface area contributed by atoms with Crippen LogP contribution >= 0.6 is 0 Å². The Balaban J connectivity index is 1.84. The quantitative estimate of drug-likeness (QED) is 0.723. The van der Waals surface area contributed by atoms with Crippen LogP contribution in [0.15, 0.2) is 36.4 Å². The third-order valence-corrected chi connectivity index (χ3v) is 6.89. The smallest absolute Gasteiger partial charge is 0.255 e. The fraction of sp³-hybridized carbons (Fsp3) is 0.333. The number of benzene rings is 2. The van der Waals surface area contributed by atoms with Crippen LogP contribution in [0.1, 0.15) is 24.2 Å². The van der Waals surface area contributed by atoms with Gasteiger partial charge in [-0.1, -0.05) is 0 Å². The van der Waals surface area contributed by atoms with Gasteiger partial charge >= 0.3 is 0 Å². The average Bonchev–Trinajstić information content (AvgIpc) is 2.89. The zero-order chi connectivity index (χ0) is 23.0. The predicted octanol–water partition coefficient (Wildman–Crippen LogP) is 2.67. The zero-order valence-corrected chi connectivity index (χ0v) is 18.7. The van der Waals surface area contributed by atoms with Crippen LogP contribution in [-0.2, 0) is 14.8 Å². The van der Waals surface area contributed by atoms with Crippen LogP contribution in [0.3, 0.4) is 0 Å². The molecule has 31 heavy (non-hydrogen) atoms. The zero-order valence-electron chi connectivity index (χ0n) is 17.9. The fourth-order valence-electron chi connectivity index (χ4n) is 3.37. The molecular weight excluding hydrogens is 424 g/mol. The number of anilines is 2. The van der Waals surface area contributed by atoms with E-state index in [0.717, 1.165) is 4.31 Å². The minimum absolute atomic E-state index is 0.194. The number of ether oxygens (including phenoxy) is 3. The number of amides is 2. The summed E-state index contributed by atoms with van der Waals surface area (Å²) in [7, 11) is 0.659. The second kappa shape index (κ2) is 8.10. The Kier molecular flexibility index (Phi) is 5.86. The SMILES string of the molecule is COc1cc(NC(=O)c2ccc(N3C(=O)C(C)(C)CS3(=O)=O)cc2)cc(OC)c1OC. The summed E-state index contributed by atoms with van der Waals surface area (Å²) in [5.74, 6) is -0.0336. The lowest BCUT2D eigenvalue weighted by Gasteiger charge is -2.18.